The first kappa shape index (κ1) is 11.5. The van der Waals surface area contributed by atoms with Gasteiger partial charge in [0.25, 0.3) is 6.01 Å². The van der Waals surface area contributed by atoms with E-state index < -0.39 is 0 Å². The van der Waals surface area contributed by atoms with Gasteiger partial charge in [-0.25, -0.2) is 0 Å². The third kappa shape index (κ3) is 1.97. The molecule has 0 saturated carbocycles. The molecule has 1 aliphatic rings. The second-order valence-corrected chi connectivity index (χ2v) is 5.47. The van der Waals surface area contributed by atoms with E-state index in [0.717, 1.165) is 49.6 Å². The highest BCUT2D eigenvalue weighted by molar-refractivity contribution is 5.74. The van der Waals surface area contributed by atoms with Crippen molar-refractivity contribution in [2.45, 2.75) is 19.8 Å². The lowest BCUT2D eigenvalue weighted by molar-refractivity contribution is 0.253. The third-order valence-corrected chi connectivity index (χ3v) is 4.02. The Morgan fingerprint density at radius 2 is 2.06 bits per heavy atom. The molecule has 0 atom stereocenters. The summed E-state index contributed by atoms with van der Waals surface area (Å²) in [4.78, 5) is 6.76. The number of benzene rings is 1. The van der Waals surface area contributed by atoms with Crippen molar-refractivity contribution in [3.63, 3.8) is 0 Å². The van der Waals surface area contributed by atoms with Gasteiger partial charge in [0.1, 0.15) is 5.52 Å². The molecule has 18 heavy (non-hydrogen) atoms. The number of fused-ring (bicyclic) bond motifs is 1. The van der Waals surface area contributed by atoms with Crippen molar-refractivity contribution < 1.29 is 4.42 Å². The maximum absolute atomic E-state index is 5.83. The van der Waals surface area contributed by atoms with Crippen LogP contribution in [0.5, 0.6) is 0 Å². The highest BCUT2D eigenvalue weighted by Gasteiger charge is 2.30. The highest BCUT2D eigenvalue weighted by Crippen LogP contribution is 2.32. The summed E-state index contributed by atoms with van der Waals surface area (Å²) in [5.74, 6) is 0. The molecule has 0 aliphatic carbocycles. The molecular weight excluding hydrogens is 226 g/mol. The number of nitrogens with zero attached hydrogens (tertiary/aromatic N) is 2. The molecule has 1 aromatic carbocycles. The zero-order chi connectivity index (χ0) is 12.6. The molecular formula is C14H19N3O. The van der Waals surface area contributed by atoms with Crippen LogP contribution in [0, 0.1) is 5.41 Å². The van der Waals surface area contributed by atoms with Crippen molar-refractivity contribution in [2.75, 3.05) is 24.5 Å². The Balaban J connectivity index is 1.80. The summed E-state index contributed by atoms with van der Waals surface area (Å²) in [5.41, 5.74) is 7.90. The van der Waals surface area contributed by atoms with Gasteiger partial charge in [0.2, 0.25) is 0 Å². The Bertz CT molecular complexity index is 508. The monoisotopic (exact) mass is 245 g/mol. The molecule has 0 spiro atoms. The van der Waals surface area contributed by atoms with Crippen LogP contribution in [0.1, 0.15) is 19.8 Å². The highest BCUT2D eigenvalue weighted by atomic mass is 16.4. The second-order valence-electron chi connectivity index (χ2n) is 5.47. The number of hydrogen-bond donors (Lipinski definition) is 1. The molecule has 2 heterocycles. The van der Waals surface area contributed by atoms with Crippen LogP contribution in [0.3, 0.4) is 0 Å². The van der Waals surface area contributed by atoms with E-state index in [-0.39, 0.29) is 5.41 Å². The number of piperidine rings is 1. The average Bonchev–Trinajstić information content (AvgIpc) is 2.83. The van der Waals surface area contributed by atoms with Crippen LogP contribution in [0.2, 0.25) is 0 Å². The van der Waals surface area contributed by atoms with Gasteiger partial charge in [-0.15, -0.1) is 0 Å². The maximum atomic E-state index is 5.83. The molecule has 1 aromatic heterocycles. The van der Waals surface area contributed by atoms with Crippen molar-refractivity contribution in [3.05, 3.63) is 24.3 Å². The van der Waals surface area contributed by atoms with Gasteiger partial charge in [-0.1, -0.05) is 19.1 Å². The number of hydrogen-bond acceptors (Lipinski definition) is 4. The maximum Gasteiger partial charge on any atom is 0.298 e. The Morgan fingerprint density at radius 3 is 2.72 bits per heavy atom. The van der Waals surface area contributed by atoms with Gasteiger partial charge in [-0.3, -0.25) is 0 Å². The number of aromatic nitrogens is 1. The SMILES string of the molecule is CC1(CN)CCN(c2nc3ccccc3o2)CC1. The molecule has 4 heteroatoms. The summed E-state index contributed by atoms with van der Waals surface area (Å²) in [7, 11) is 0. The van der Waals surface area contributed by atoms with Crippen LogP contribution in [0.25, 0.3) is 11.1 Å². The molecule has 0 unspecified atom stereocenters. The van der Waals surface area contributed by atoms with E-state index in [1.54, 1.807) is 0 Å². The van der Waals surface area contributed by atoms with Gasteiger partial charge in [0.05, 0.1) is 0 Å². The predicted molar refractivity (Wildman–Crippen MR) is 72.6 cm³/mol. The minimum absolute atomic E-state index is 0.280. The second kappa shape index (κ2) is 4.28. The Hall–Kier alpha value is -1.55. The smallest absolute Gasteiger partial charge is 0.298 e. The normalized spacial score (nSPS) is 19.3. The van der Waals surface area contributed by atoms with Crippen molar-refractivity contribution in [2.24, 2.45) is 11.1 Å². The van der Waals surface area contributed by atoms with Gasteiger partial charge < -0.3 is 15.1 Å². The van der Waals surface area contributed by atoms with Crippen molar-refractivity contribution in [1.29, 1.82) is 0 Å². The number of anilines is 1. The number of rotatable bonds is 2. The van der Waals surface area contributed by atoms with Crippen molar-refractivity contribution in [1.82, 2.24) is 4.98 Å². The topological polar surface area (TPSA) is 55.3 Å². The van der Waals surface area contributed by atoms with E-state index in [1.807, 2.05) is 24.3 Å². The zero-order valence-corrected chi connectivity index (χ0v) is 10.7. The van der Waals surface area contributed by atoms with E-state index in [1.165, 1.54) is 0 Å². The fourth-order valence-electron chi connectivity index (χ4n) is 2.44. The molecule has 96 valence electrons. The summed E-state index contributed by atoms with van der Waals surface area (Å²) in [6.07, 6.45) is 2.20. The van der Waals surface area contributed by atoms with Crippen molar-refractivity contribution >= 4 is 17.1 Å². The number of nitrogens with two attached hydrogens (primary N) is 1. The first-order chi connectivity index (χ1) is 8.70. The lowest BCUT2D eigenvalue weighted by atomic mass is 9.81. The molecule has 1 saturated heterocycles. The Morgan fingerprint density at radius 1 is 1.33 bits per heavy atom. The van der Waals surface area contributed by atoms with Crippen LogP contribution in [-0.4, -0.2) is 24.6 Å². The summed E-state index contributed by atoms with van der Waals surface area (Å²) in [6, 6.07) is 8.64. The van der Waals surface area contributed by atoms with E-state index in [2.05, 4.69) is 16.8 Å². The van der Waals surface area contributed by atoms with Gasteiger partial charge in [0.15, 0.2) is 5.58 Å². The molecule has 1 fully saturated rings. The van der Waals surface area contributed by atoms with Crippen LogP contribution in [-0.2, 0) is 0 Å². The average molecular weight is 245 g/mol. The molecule has 0 bridgehead atoms. The van der Waals surface area contributed by atoms with E-state index in [9.17, 15) is 0 Å². The molecule has 0 radical (unpaired) electrons. The van der Waals surface area contributed by atoms with Gasteiger partial charge in [-0.2, -0.15) is 4.98 Å². The van der Waals surface area contributed by atoms with Crippen molar-refractivity contribution in [3.8, 4) is 0 Å². The predicted octanol–water partition coefficient (Wildman–Crippen LogP) is 2.39. The summed E-state index contributed by atoms with van der Waals surface area (Å²) in [5, 5.41) is 0. The Kier molecular flexibility index (Phi) is 2.74. The van der Waals surface area contributed by atoms with Gasteiger partial charge >= 0.3 is 0 Å². The van der Waals surface area contributed by atoms with Crippen LogP contribution < -0.4 is 10.6 Å². The number of oxazole rings is 1. The van der Waals surface area contributed by atoms with Gasteiger partial charge in [0, 0.05) is 13.1 Å². The third-order valence-electron chi connectivity index (χ3n) is 4.02. The molecule has 3 rings (SSSR count). The van der Waals surface area contributed by atoms with Crippen LogP contribution in [0.15, 0.2) is 28.7 Å². The molecule has 1 aliphatic heterocycles. The number of para-hydroxylation sites is 2. The Labute approximate surface area is 107 Å². The first-order valence-corrected chi connectivity index (χ1v) is 6.51. The first-order valence-electron chi connectivity index (χ1n) is 6.51. The van der Waals surface area contributed by atoms with E-state index in [4.69, 9.17) is 10.2 Å². The minimum Gasteiger partial charge on any atom is -0.423 e. The summed E-state index contributed by atoms with van der Waals surface area (Å²) < 4.78 is 5.79. The van der Waals surface area contributed by atoms with E-state index >= 15 is 0 Å². The summed E-state index contributed by atoms with van der Waals surface area (Å²) >= 11 is 0. The lowest BCUT2D eigenvalue weighted by Gasteiger charge is -2.37. The summed E-state index contributed by atoms with van der Waals surface area (Å²) in [6.45, 7) is 4.96. The minimum atomic E-state index is 0.280. The molecule has 2 N–H and O–H groups in total. The zero-order valence-electron chi connectivity index (χ0n) is 10.7. The quantitative estimate of drug-likeness (QED) is 0.882. The standard InChI is InChI=1S/C14H19N3O/c1-14(10-15)6-8-17(9-7-14)13-16-11-4-2-3-5-12(11)18-13/h2-5H,6-10,15H2,1H3. The molecule has 2 aromatic rings. The fraction of sp³-hybridized carbons (Fsp3) is 0.500. The van der Waals surface area contributed by atoms with Crippen LogP contribution in [0.4, 0.5) is 6.01 Å². The van der Waals surface area contributed by atoms with Crippen LogP contribution >= 0.6 is 0 Å². The van der Waals surface area contributed by atoms with Gasteiger partial charge in [-0.05, 0) is 36.9 Å². The fourth-order valence-corrected chi connectivity index (χ4v) is 2.44. The van der Waals surface area contributed by atoms with E-state index in [0.29, 0.717) is 0 Å². The largest absolute Gasteiger partial charge is 0.423 e. The molecule has 0 amide bonds. The lowest BCUT2D eigenvalue weighted by Crippen LogP contribution is -2.42. The molecule has 4 nitrogen and oxygen atoms in total.